The SMILES string of the molecule is CCOC(=O)CCc1ccccc1[C@@H](C)OC[C@H](O)CN1CCC[C@H]1Cc1ccc(Cl)c(Cl)c1. The van der Waals surface area contributed by atoms with Gasteiger partial charge in [0.2, 0.25) is 0 Å². The lowest BCUT2D eigenvalue weighted by molar-refractivity contribution is -0.143. The number of ether oxygens (including phenoxy) is 2. The van der Waals surface area contributed by atoms with Crippen LogP contribution in [0.3, 0.4) is 0 Å². The van der Waals surface area contributed by atoms with E-state index in [0.29, 0.717) is 42.1 Å². The van der Waals surface area contributed by atoms with Gasteiger partial charge in [0, 0.05) is 19.0 Å². The van der Waals surface area contributed by atoms with E-state index >= 15 is 0 Å². The van der Waals surface area contributed by atoms with E-state index in [2.05, 4.69) is 4.90 Å². The molecule has 186 valence electrons. The summed E-state index contributed by atoms with van der Waals surface area (Å²) in [5.41, 5.74) is 3.27. The van der Waals surface area contributed by atoms with E-state index in [1.54, 1.807) is 0 Å². The minimum absolute atomic E-state index is 0.182. The quantitative estimate of drug-likeness (QED) is 0.377. The van der Waals surface area contributed by atoms with Gasteiger partial charge < -0.3 is 14.6 Å². The van der Waals surface area contributed by atoms with E-state index < -0.39 is 6.10 Å². The van der Waals surface area contributed by atoms with Crippen LogP contribution < -0.4 is 0 Å². The molecule has 7 heteroatoms. The third-order valence-corrected chi connectivity index (χ3v) is 7.07. The van der Waals surface area contributed by atoms with Crippen molar-refractivity contribution in [1.82, 2.24) is 4.90 Å². The van der Waals surface area contributed by atoms with Crippen LogP contribution in [0.25, 0.3) is 0 Å². The Bertz CT molecular complexity index is 939. The number of carbonyl (C=O) groups excluding carboxylic acids is 1. The van der Waals surface area contributed by atoms with Gasteiger partial charge in [-0.05, 0) is 74.9 Å². The molecule has 2 aromatic carbocycles. The Morgan fingerprint density at radius 2 is 2.00 bits per heavy atom. The van der Waals surface area contributed by atoms with Crippen LogP contribution in [0.5, 0.6) is 0 Å². The fourth-order valence-corrected chi connectivity index (χ4v) is 4.92. The van der Waals surface area contributed by atoms with Crippen molar-refractivity contribution in [3.05, 3.63) is 69.2 Å². The van der Waals surface area contributed by atoms with E-state index in [1.807, 2.05) is 56.3 Å². The first-order valence-corrected chi connectivity index (χ1v) is 12.8. The molecule has 0 radical (unpaired) electrons. The average Bonchev–Trinajstić information content (AvgIpc) is 3.25. The van der Waals surface area contributed by atoms with Crippen LogP contribution in [0.4, 0.5) is 0 Å². The predicted molar refractivity (Wildman–Crippen MR) is 137 cm³/mol. The van der Waals surface area contributed by atoms with Crippen molar-refractivity contribution in [2.24, 2.45) is 0 Å². The zero-order chi connectivity index (χ0) is 24.5. The number of likely N-dealkylation sites (tertiary alicyclic amines) is 1. The van der Waals surface area contributed by atoms with Gasteiger partial charge in [0.1, 0.15) is 0 Å². The minimum Gasteiger partial charge on any atom is -0.466 e. The molecular weight excluding hydrogens is 473 g/mol. The number of esters is 1. The molecule has 0 aliphatic carbocycles. The normalized spacial score (nSPS) is 18.1. The molecule has 1 heterocycles. The molecule has 1 fully saturated rings. The number of halogens is 2. The standard InChI is InChI=1S/C27H35Cl2NO4/c1-3-33-27(32)13-11-21-7-4-5-9-24(21)19(2)34-18-23(31)17-30-14-6-8-22(30)15-20-10-12-25(28)26(29)16-20/h4-5,7,9-10,12,16,19,22-23,31H,3,6,8,11,13-15,17-18H2,1-2H3/t19-,22+,23-/m1/s1. The summed E-state index contributed by atoms with van der Waals surface area (Å²) in [5, 5.41) is 11.9. The summed E-state index contributed by atoms with van der Waals surface area (Å²) in [6.45, 7) is 5.98. The van der Waals surface area contributed by atoms with Crippen molar-refractivity contribution in [3.8, 4) is 0 Å². The maximum atomic E-state index is 11.7. The molecule has 0 saturated carbocycles. The molecule has 1 N–H and O–H groups in total. The lowest BCUT2D eigenvalue weighted by Crippen LogP contribution is -2.39. The van der Waals surface area contributed by atoms with E-state index in [4.69, 9.17) is 32.7 Å². The van der Waals surface area contributed by atoms with Crippen molar-refractivity contribution < 1.29 is 19.4 Å². The highest BCUT2D eigenvalue weighted by atomic mass is 35.5. The molecule has 1 saturated heterocycles. The molecule has 0 unspecified atom stereocenters. The van der Waals surface area contributed by atoms with Crippen molar-refractivity contribution >= 4 is 29.2 Å². The number of rotatable bonds is 12. The topological polar surface area (TPSA) is 59.0 Å². The summed E-state index contributed by atoms with van der Waals surface area (Å²) >= 11 is 12.2. The number of hydrogen-bond donors (Lipinski definition) is 1. The number of nitrogens with zero attached hydrogens (tertiary/aromatic N) is 1. The van der Waals surface area contributed by atoms with Gasteiger partial charge in [-0.2, -0.15) is 0 Å². The van der Waals surface area contributed by atoms with Crippen LogP contribution in [-0.4, -0.2) is 54.4 Å². The number of hydrogen-bond acceptors (Lipinski definition) is 5. The van der Waals surface area contributed by atoms with E-state index in [-0.39, 0.29) is 18.7 Å². The smallest absolute Gasteiger partial charge is 0.306 e. The summed E-state index contributed by atoms with van der Waals surface area (Å²) in [6.07, 6.45) is 3.28. The molecule has 2 aromatic rings. The zero-order valence-corrected chi connectivity index (χ0v) is 21.5. The lowest BCUT2D eigenvalue weighted by atomic mass is 9.99. The predicted octanol–water partition coefficient (Wildman–Crippen LogP) is 5.63. The molecule has 0 aromatic heterocycles. The molecule has 1 aliphatic heterocycles. The van der Waals surface area contributed by atoms with Crippen LogP contribution >= 0.6 is 23.2 Å². The molecule has 0 amide bonds. The van der Waals surface area contributed by atoms with Crippen molar-refractivity contribution in [2.45, 2.75) is 64.2 Å². The van der Waals surface area contributed by atoms with E-state index in [0.717, 1.165) is 42.5 Å². The monoisotopic (exact) mass is 507 g/mol. The lowest BCUT2D eigenvalue weighted by Gasteiger charge is -2.28. The molecule has 0 bridgehead atoms. The van der Waals surface area contributed by atoms with Crippen molar-refractivity contribution in [2.75, 3.05) is 26.3 Å². The Hall–Kier alpha value is -1.63. The van der Waals surface area contributed by atoms with Crippen LogP contribution in [0, 0.1) is 0 Å². The maximum absolute atomic E-state index is 11.7. The number of aliphatic hydroxyl groups excluding tert-OH is 1. The van der Waals surface area contributed by atoms with Gasteiger partial charge in [-0.3, -0.25) is 9.69 Å². The first-order chi connectivity index (χ1) is 16.4. The minimum atomic E-state index is -0.580. The van der Waals surface area contributed by atoms with Gasteiger partial charge in [0.25, 0.3) is 0 Å². The highest BCUT2D eigenvalue weighted by Crippen LogP contribution is 2.27. The number of aliphatic hydroxyl groups is 1. The third-order valence-electron chi connectivity index (χ3n) is 6.34. The second kappa shape index (κ2) is 13.5. The Labute approximate surface area is 213 Å². The molecule has 1 aliphatic rings. The second-order valence-electron chi connectivity index (χ2n) is 8.88. The Morgan fingerprint density at radius 1 is 1.21 bits per heavy atom. The molecule has 3 atom stereocenters. The fourth-order valence-electron chi connectivity index (χ4n) is 4.60. The van der Waals surface area contributed by atoms with Gasteiger partial charge in [-0.25, -0.2) is 0 Å². The Kier molecular flexibility index (Phi) is 10.7. The van der Waals surface area contributed by atoms with Gasteiger partial charge >= 0.3 is 5.97 Å². The van der Waals surface area contributed by atoms with Crippen molar-refractivity contribution in [1.29, 1.82) is 0 Å². The van der Waals surface area contributed by atoms with Gasteiger partial charge in [0.15, 0.2) is 0 Å². The average molecular weight is 508 g/mol. The summed E-state index contributed by atoms with van der Waals surface area (Å²) in [6, 6.07) is 14.1. The van der Waals surface area contributed by atoms with Crippen molar-refractivity contribution in [3.63, 3.8) is 0 Å². The summed E-state index contributed by atoms with van der Waals surface area (Å²) in [5.74, 6) is -0.192. The Balaban J connectivity index is 1.50. The largest absolute Gasteiger partial charge is 0.466 e. The van der Waals surface area contributed by atoms with Crippen LogP contribution in [0.2, 0.25) is 10.0 Å². The number of benzene rings is 2. The van der Waals surface area contributed by atoms with E-state index in [9.17, 15) is 9.90 Å². The number of β-amino-alcohol motifs (C(OH)–C–C–N with tert-alkyl or cyclic N) is 1. The zero-order valence-electron chi connectivity index (χ0n) is 20.0. The summed E-state index contributed by atoms with van der Waals surface area (Å²) < 4.78 is 11.1. The Morgan fingerprint density at radius 3 is 2.76 bits per heavy atom. The van der Waals surface area contributed by atoms with E-state index in [1.165, 1.54) is 0 Å². The van der Waals surface area contributed by atoms with Crippen LogP contribution in [0.1, 0.15) is 55.9 Å². The maximum Gasteiger partial charge on any atom is 0.306 e. The molecule has 5 nitrogen and oxygen atoms in total. The second-order valence-corrected chi connectivity index (χ2v) is 9.69. The highest BCUT2D eigenvalue weighted by molar-refractivity contribution is 6.42. The fraction of sp³-hybridized carbons (Fsp3) is 0.519. The highest BCUT2D eigenvalue weighted by Gasteiger charge is 2.27. The van der Waals surface area contributed by atoms with Crippen LogP contribution in [0.15, 0.2) is 42.5 Å². The molecule has 3 rings (SSSR count). The molecule has 0 spiro atoms. The first kappa shape index (κ1) is 27.0. The van der Waals surface area contributed by atoms with Crippen LogP contribution in [-0.2, 0) is 27.1 Å². The first-order valence-electron chi connectivity index (χ1n) is 12.1. The molecular formula is C27H35Cl2NO4. The number of aryl methyl sites for hydroxylation is 1. The van der Waals surface area contributed by atoms with Gasteiger partial charge in [0.05, 0.1) is 35.5 Å². The summed E-state index contributed by atoms with van der Waals surface area (Å²) in [4.78, 5) is 14.1. The number of carbonyl (C=O) groups is 1. The summed E-state index contributed by atoms with van der Waals surface area (Å²) in [7, 11) is 0. The van der Waals surface area contributed by atoms with Gasteiger partial charge in [-0.15, -0.1) is 0 Å². The third kappa shape index (κ3) is 7.96. The molecule has 34 heavy (non-hydrogen) atoms. The van der Waals surface area contributed by atoms with Gasteiger partial charge in [-0.1, -0.05) is 53.5 Å².